The highest BCUT2D eigenvalue weighted by atomic mass is 32.1. The van der Waals surface area contributed by atoms with Crippen LogP contribution < -0.4 is 0 Å². The summed E-state index contributed by atoms with van der Waals surface area (Å²) < 4.78 is 0. The summed E-state index contributed by atoms with van der Waals surface area (Å²) in [5, 5.41) is 2.10. The number of hydrogen-bond acceptors (Lipinski definition) is 2. The van der Waals surface area contributed by atoms with Gasteiger partial charge in [0.2, 0.25) is 0 Å². The number of carbonyl (C=O) groups is 1. The van der Waals surface area contributed by atoms with Crippen LogP contribution in [0.2, 0.25) is 0 Å². The summed E-state index contributed by atoms with van der Waals surface area (Å²) in [6.07, 6.45) is 6.54. The summed E-state index contributed by atoms with van der Waals surface area (Å²) in [7, 11) is 0. The van der Waals surface area contributed by atoms with Gasteiger partial charge in [0.25, 0.3) is 0 Å². The number of aryl methyl sites for hydroxylation is 1. The van der Waals surface area contributed by atoms with E-state index in [2.05, 4.69) is 29.6 Å². The summed E-state index contributed by atoms with van der Waals surface area (Å²) in [4.78, 5) is 13.6. The van der Waals surface area contributed by atoms with Crippen LogP contribution >= 0.6 is 11.3 Å². The summed E-state index contributed by atoms with van der Waals surface area (Å²) in [6.45, 7) is 0. The molecule has 104 valence electrons. The van der Waals surface area contributed by atoms with Gasteiger partial charge in [-0.1, -0.05) is 30.7 Å². The molecule has 1 saturated carbocycles. The first-order valence-electron chi connectivity index (χ1n) is 7.48. The van der Waals surface area contributed by atoms with Gasteiger partial charge in [0, 0.05) is 16.9 Å². The van der Waals surface area contributed by atoms with Crippen LogP contribution in [0.5, 0.6) is 0 Å². The Balaban J connectivity index is 1.56. The Kier molecular flexibility index (Phi) is 4.31. The van der Waals surface area contributed by atoms with E-state index in [9.17, 15) is 4.79 Å². The van der Waals surface area contributed by atoms with Crippen molar-refractivity contribution in [1.82, 2.24) is 0 Å². The third-order valence-corrected chi connectivity index (χ3v) is 5.13. The SMILES string of the molecule is O=C(CCCc1cccs1)c1cccc(C2CCC2)c1. The molecule has 0 saturated heterocycles. The third kappa shape index (κ3) is 3.18. The zero-order valence-corrected chi connectivity index (χ0v) is 12.5. The summed E-state index contributed by atoms with van der Waals surface area (Å²) in [5.74, 6) is 0.997. The highest BCUT2D eigenvalue weighted by Gasteiger charge is 2.20. The number of Topliss-reactive ketones (excluding diaryl/α,β-unsaturated/α-hetero) is 1. The van der Waals surface area contributed by atoms with Crippen molar-refractivity contribution in [2.24, 2.45) is 0 Å². The maximum absolute atomic E-state index is 12.3. The minimum Gasteiger partial charge on any atom is -0.294 e. The minimum atomic E-state index is 0.294. The molecule has 20 heavy (non-hydrogen) atoms. The molecular formula is C18H20OS. The zero-order chi connectivity index (χ0) is 13.8. The van der Waals surface area contributed by atoms with E-state index in [1.54, 1.807) is 11.3 Å². The van der Waals surface area contributed by atoms with Crippen LogP contribution in [-0.2, 0) is 6.42 Å². The van der Waals surface area contributed by atoms with Gasteiger partial charge in [0.1, 0.15) is 0 Å². The Labute approximate surface area is 124 Å². The van der Waals surface area contributed by atoms with Crippen molar-refractivity contribution in [1.29, 1.82) is 0 Å². The number of hydrogen-bond donors (Lipinski definition) is 0. The highest BCUT2D eigenvalue weighted by Crippen LogP contribution is 2.36. The van der Waals surface area contributed by atoms with E-state index in [0.717, 1.165) is 18.4 Å². The van der Waals surface area contributed by atoms with Crippen molar-refractivity contribution in [3.63, 3.8) is 0 Å². The molecular weight excluding hydrogens is 264 g/mol. The Bertz CT molecular complexity index is 567. The fourth-order valence-corrected chi connectivity index (χ4v) is 3.48. The molecule has 2 heteroatoms. The quantitative estimate of drug-likeness (QED) is 0.664. The Morgan fingerprint density at radius 2 is 2.10 bits per heavy atom. The van der Waals surface area contributed by atoms with Gasteiger partial charge in [-0.05, 0) is 54.7 Å². The first kappa shape index (κ1) is 13.6. The second-order valence-electron chi connectivity index (χ2n) is 5.61. The molecule has 0 amide bonds. The maximum atomic E-state index is 12.3. The molecule has 0 aliphatic heterocycles. The van der Waals surface area contributed by atoms with Crippen molar-refractivity contribution in [2.45, 2.75) is 44.4 Å². The van der Waals surface area contributed by atoms with Gasteiger partial charge in [-0.2, -0.15) is 0 Å². The number of ketones is 1. The number of thiophene rings is 1. The number of carbonyl (C=O) groups excluding carboxylic acids is 1. The fraction of sp³-hybridized carbons (Fsp3) is 0.389. The van der Waals surface area contributed by atoms with Gasteiger partial charge in [-0.3, -0.25) is 4.79 Å². The Morgan fingerprint density at radius 1 is 1.20 bits per heavy atom. The predicted molar refractivity (Wildman–Crippen MR) is 84.6 cm³/mol. The molecule has 0 spiro atoms. The Morgan fingerprint density at radius 3 is 2.80 bits per heavy atom. The van der Waals surface area contributed by atoms with Crippen molar-refractivity contribution >= 4 is 17.1 Å². The van der Waals surface area contributed by atoms with E-state index in [4.69, 9.17) is 0 Å². The van der Waals surface area contributed by atoms with Crippen LogP contribution in [0.1, 0.15) is 58.8 Å². The molecule has 0 atom stereocenters. The average Bonchev–Trinajstić information content (AvgIpc) is 2.90. The Hall–Kier alpha value is -1.41. The lowest BCUT2D eigenvalue weighted by Gasteiger charge is -2.26. The second-order valence-corrected chi connectivity index (χ2v) is 6.64. The largest absolute Gasteiger partial charge is 0.294 e. The normalized spacial score (nSPS) is 15.0. The topological polar surface area (TPSA) is 17.1 Å². The van der Waals surface area contributed by atoms with Crippen LogP contribution in [0, 0.1) is 0 Å². The van der Waals surface area contributed by atoms with Gasteiger partial charge in [-0.25, -0.2) is 0 Å². The van der Waals surface area contributed by atoms with Crippen molar-refractivity contribution in [3.8, 4) is 0 Å². The second kappa shape index (κ2) is 6.36. The standard InChI is InChI=1S/C18H20OS/c19-18(11-3-9-17-10-4-12-20-17)16-8-2-7-15(13-16)14-5-1-6-14/h2,4,7-8,10,12-14H,1,3,5-6,9,11H2. The van der Waals surface area contributed by atoms with E-state index in [-0.39, 0.29) is 0 Å². The summed E-state index contributed by atoms with van der Waals surface area (Å²) in [5.41, 5.74) is 2.26. The smallest absolute Gasteiger partial charge is 0.162 e. The minimum absolute atomic E-state index is 0.294. The van der Waals surface area contributed by atoms with E-state index in [0.29, 0.717) is 18.1 Å². The van der Waals surface area contributed by atoms with E-state index < -0.39 is 0 Å². The van der Waals surface area contributed by atoms with Crippen LogP contribution in [0.3, 0.4) is 0 Å². The third-order valence-electron chi connectivity index (χ3n) is 4.19. The zero-order valence-electron chi connectivity index (χ0n) is 11.7. The van der Waals surface area contributed by atoms with Gasteiger partial charge >= 0.3 is 0 Å². The molecule has 0 N–H and O–H groups in total. The molecule has 1 aromatic carbocycles. The average molecular weight is 284 g/mol. The number of rotatable bonds is 6. The molecule has 2 aromatic rings. The predicted octanol–water partition coefficient (Wildman–Crippen LogP) is 5.22. The van der Waals surface area contributed by atoms with Gasteiger partial charge in [0.15, 0.2) is 5.78 Å². The van der Waals surface area contributed by atoms with E-state index in [1.165, 1.54) is 29.7 Å². The number of benzene rings is 1. The molecule has 1 fully saturated rings. The lowest BCUT2D eigenvalue weighted by atomic mass is 9.79. The molecule has 0 bridgehead atoms. The summed E-state index contributed by atoms with van der Waals surface area (Å²) >= 11 is 1.78. The molecule has 0 radical (unpaired) electrons. The summed E-state index contributed by atoms with van der Waals surface area (Å²) in [6, 6.07) is 12.5. The van der Waals surface area contributed by atoms with E-state index in [1.807, 2.05) is 12.1 Å². The molecule has 0 unspecified atom stereocenters. The van der Waals surface area contributed by atoms with E-state index >= 15 is 0 Å². The van der Waals surface area contributed by atoms with Crippen LogP contribution in [0.25, 0.3) is 0 Å². The van der Waals surface area contributed by atoms with Crippen LogP contribution in [0.4, 0.5) is 0 Å². The molecule has 1 aromatic heterocycles. The highest BCUT2D eigenvalue weighted by molar-refractivity contribution is 7.09. The first-order valence-corrected chi connectivity index (χ1v) is 8.36. The first-order chi connectivity index (χ1) is 9.83. The molecule has 1 nitrogen and oxygen atoms in total. The van der Waals surface area contributed by atoms with Crippen LogP contribution in [-0.4, -0.2) is 5.78 Å². The maximum Gasteiger partial charge on any atom is 0.162 e. The van der Waals surface area contributed by atoms with Crippen molar-refractivity contribution in [3.05, 3.63) is 57.8 Å². The molecule has 1 heterocycles. The monoisotopic (exact) mass is 284 g/mol. The van der Waals surface area contributed by atoms with Gasteiger partial charge < -0.3 is 0 Å². The molecule has 1 aliphatic rings. The fourth-order valence-electron chi connectivity index (χ4n) is 2.73. The van der Waals surface area contributed by atoms with Crippen molar-refractivity contribution < 1.29 is 4.79 Å². The van der Waals surface area contributed by atoms with Crippen LogP contribution in [0.15, 0.2) is 41.8 Å². The van der Waals surface area contributed by atoms with Gasteiger partial charge in [-0.15, -0.1) is 11.3 Å². The molecule has 1 aliphatic carbocycles. The van der Waals surface area contributed by atoms with Gasteiger partial charge in [0.05, 0.1) is 0 Å². The lowest BCUT2D eigenvalue weighted by Crippen LogP contribution is -2.09. The lowest BCUT2D eigenvalue weighted by molar-refractivity contribution is 0.0980. The van der Waals surface area contributed by atoms with Crippen molar-refractivity contribution in [2.75, 3.05) is 0 Å². The molecule has 3 rings (SSSR count).